The number of hydrogen-bond donors (Lipinski definition) is 1. The summed E-state index contributed by atoms with van der Waals surface area (Å²) in [5.74, 6) is -1.88. The Morgan fingerprint density at radius 1 is 1.25 bits per heavy atom. The first-order valence-electron chi connectivity index (χ1n) is 4.91. The Morgan fingerprint density at radius 2 is 1.88 bits per heavy atom. The van der Waals surface area contributed by atoms with Gasteiger partial charge in [-0.15, -0.1) is 0 Å². The van der Waals surface area contributed by atoms with Crippen molar-refractivity contribution in [1.82, 2.24) is 0 Å². The van der Waals surface area contributed by atoms with Gasteiger partial charge in [-0.1, -0.05) is 19.1 Å². The molecule has 0 spiro atoms. The summed E-state index contributed by atoms with van der Waals surface area (Å²) in [6, 6.07) is 7.34. The molecular formula is C12H12NO3-. The first-order valence-corrected chi connectivity index (χ1v) is 4.91. The van der Waals surface area contributed by atoms with E-state index in [0.717, 1.165) is 12.5 Å². The molecule has 0 aromatic heterocycles. The first-order chi connectivity index (χ1) is 7.61. The average Bonchev–Trinajstić information content (AvgIpc) is 2.27. The maximum absolute atomic E-state index is 11.2. The van der Waals surface area contributed by atoms with Crippen LogP contribution in [-0.2, 0) is 16.0 Å². The fourth-order valence-corrected chi connectivity index (χ4v) is 1.15. The average molecular weight is 218 g/mol. The summed E-state index contributed by atoms with van der Waals surface area (Å²) in [5, 5.41) is 12.6. The molecule has 1 N–H and O–H groups in total. The minimum absolute atomic E-state index is 0.492. The Morgan fingerprint density at radius 3 is 2.38 bits per heavy atom. The number of aliphatic carboxylic acids is 1. The van der Waals surface area contributed by atoms with E-state index in [1.165, 1.54) is 5.56 Å². The number of carboxylic acid groups (broad SMARTS) is 1. The van der Waals surface area contributed by atoms with Gasteiger partial charge in [-0.25, -0.2) is 0 Å². The molecular weight excluding hydrogens is 206 g/mol. The highest BCUT2D eigenvalue weighted by molar-refractivity contribution is 6.02. The molecule has 0 saturated heterocycles. The highest BCUT2D eigenvalue weighted by atomic mass is 16.4. The quantitative estimate of drug-likeness (QED) is 0.748. The van der Waals surface area contributed by atoms with Gasteiger partial charge in [-0.2, -0.15) is 0 Å². The third-order valence-electron chi connectivity index (χ3n) is 2.00. The van der Waals surface area contributed by atoms with Gasteiger partial charge in [0.1, 0.15) is 0 Å². The summed E-state index contributed by atoms with van der Waals surface area (Å²) in [7, 11) is 0. The molecule has 0 aliphatic rings. The zero-order chi connectivity index (χ0) is 12.0. The van der Waals surface area contributed by atoms with Crippen LogP contribution in [0.3, 0.4) is 0 Å². The zero-order valence-corrected chi connectivity index (χ0v) is 8.90. The van der Waals surface area contributed by atoms with E-state index in [0.29, 0.717) is 11.8 Å². The largest absolute Gasteiger partial charge is 0.545 e. The fourth-order valence-electron chi connectivity index (χ4n) is 1.15. The molecule has 0 bridgehead atoms. The fraction of sp³-hybridized carbons (Fsp3) is 0.167. The van der Waals surface area contributed by atoms with Crippen molar-refractivity contribution in [3.05, 3.63) is 42.0 Å². The molecule has 84 valence electrons. The van der Waals surface area contributed by atoms with Crippen LogP contribution in [-0.4, -0.2) is 11.9 Å². The molecule has 1 amide bonds. The highest BCUT2D eigenvalue weighted by Gasteiger charge is 1.97. The number of nitrogens with one attached hydrogen (secondary N) is 1. The van der Waals surface area contributed by atoms with Crippen molar-refractivity contribution in [1.29, 1.82) is 0 Å². The third-order valence-corrected chi connectivity index (χ3v) is 2.00. The molecule has 0 unspecified atom stereocenters. The number of carbonyl (C=O) groups is 2. The Bertz CT molecular complexity index is 407. The van der Waals surface area contributed by atoms with Crippen LogP contribution in [0.4, 0.5) is 5.69 Å². The topological polar surface area (TPSA) is 69.2 Å². The van der Waals surface area contributed by atoms with E-state index in [2.05, 4.69) is 5.32 Å². The van der Waals surface area contributed by atoms with Gasteiger partial charge in [0.2, 0.25) is 5.91 Å². The lowest BCUT2D eigenvalue weighted by molar-refractivity contribution is -0.297. The number of hydrogen-bond acceptors (Lipinski definition) is 3. The molecule has 0 fully saturated rings. The van der Waals surface area contributed by atoms with Gasteiger partial charge in [-0.3, -0.25) is 4.79 Å². The van der Waals surface area contributed by atoms with Crippen molar-refractivity contribution in [2.75, 3.05) is 5.32 Å². The van der Waals surface area contributed by atoms with Crippen molar-refractivity contribution >= 4 is 17.6 Å². The summed E-state index contributed by atoms with van der Waals surface area (Å²) < 4.78 is 0. The predicted octanol–water partition coefficient (Wildman–Crippen LogP) is 0.494. The zero-order valence-electron chi connectivity index (χ0n) is 8.90. The normalized spacial score (nSPS) is 10.3. The van der Waals surface area contributed by atoms with Crippen molar-refractivity contribution < 1.29 is 14.7 Å². The molecule has 16 heavy (non-hydrogen) atoms. The number of rotatable bonds is 4. The molecule has 0 saturated carbocycles. The third kappa shape index (κ3) is 3.96. The second-order valence-electron chi connectivity index (χ2n) is 3.19. The van der Waals surface area contributed by atoms with Gasteiger partial charge in [0.25, 0.3) is 0 Å². The molecule has 4 nitrogen and oxygen atoms in total. The first kappa shape index (κ1) is 12.0. The maximum atomic E-state index is 11.2. The Hall–Kier alpha value is -2.10. The highest BCUT2D eigenvalue weighted by Crippen LogP contribution is 2.09. The molecule has 0 heterocycles. The molecule has 0 radical (unpaired) electrons. The molecule has 1 aromatic rings. The number of anilines is 1. The molecule has 0 aliphatic carbocycles. The number of carboxylic acids is 1. The van der Waals surface area contributed by atoms with Crippen LogP contribution in [0.2, 0.25) is 0 Å². The van der Waals surface area contributed by atoms with Gasteiger partial charge < -0.3 is 15.2 Å². The minimum atomic E-state index is -1.39. The molecule has 1 aromatic carbocycles. The van der Waals surface area contributed by atoms with Crippen LogP contribution in [0.25, 0.3) is 0 Å². The number of amides is 1. The van der Waals surface area contributed by atoms with Gasteiger partial charge in [0.15, 0.2) is 0 Å². The lowest BCUT2D eigenvalue weighted by atomic mass is 10.1. The van der Waals surface area contributed by atoms with Crippen molar-refractivity contribution in [2.45, 2.75) is 13.3 Å². The van der Waals surface area contributed by atoms with E-state index >= 15 is 0 Å². The van der Waals surface area contributed by atoms with Crippen LogP contribution < -0.4 is 10.4 Å². The standard InChI is InChI=1S/C12H13NO3/c1-2-9-3-5-10(6-4-9)13-11(14)7-8-12(15)16/h3-8H,2H2,1H3,(H,13,14)(H,15,16)/p-1/b8-7+. The number of benzene rings is 1. The minimum Gasteiger partial charge on any atom is -0.545 e. The second kappa shape index (κ2) is 5.70. The SMILES string of the molecule is CCc1ccc(NC(=O)/C=C/C(=O)[O-])cc1. The lowest BCUT2D eigenvalue weighted by Crippen LogP contribution is -2.20. The molecule has 0 atom stereocenters. The predicted molar refractivity (Wildman–Crippen MR) is 58.6 cm³/mol. The summed E-state index contributed by atoms with van der Waals surface area (Å²) in [5.41, 5.74) is 1.80. The van der Waals surface area contributed by atoms with Gasteiger partial charge in [0, 0.05) is 11.8 Å². The molecule has 4 heteroatoms. The van der Waals surface area contributed by atoms with Crippen LogP contribution >= 0.6 is 0 Å². The van der Waals surface area contributed by atoms with Crippen LogP contribution in [0.1, 0.15) is 12.5 Å². The molecule has 1 rings (SSSR count). The Kier molecular flexibility index (Phi) is 4.27. The monoisotopic (exact) mass is 218 g/mol. The Labute approximate surface area is 93.6 Å². The summed E-state index contributed by atoms with van der Waals surface area (Å²) in [6.45, 7) is 2.04. The number of aryl methyl sites for hydroxylation is 1. The smallest absolute Gasteiger partial charge is 0.248 e. The summed E-state index contributed by atoms with van der Waals surface area (Å²) in [4.78, 5) is 21.2. The van der Waals surface area contributed by atoms with Crippen molar-refractivity contribution in [2.24, 2.45) is 0 Å². The van der Waals surface area contributed by atoms with E-state index < -0.39 is 11.9 Å². The van der Waals surface area contributed by atoms with Gasteiger partial charge in [-0.05, 0) is 30.2 Å². The van der Waals surface area contributed by atoms with Crippen molar-refractivity contribution in [3.63, 3.8) is 0 Å². The van der Waals surface area contributed by atoms with E-state index in [-0.39, 0.29) is 0 Å². The Balaban J connectivity index is 2.59. The maximum Gasteiger partial charge on any atom is 0.248 e. The number of carbonyl (C=O) groups excluding carboxylic acids is 2. The summed E-state index contributed by atoms with van der Waals surface area (Å²) in [6.07, 6.45) is 2.54. The van der Waals surface area contributed by atoms with Crippen LogP contribution in [0.5, 0.6) is 0 Å². The van der Waals surface area contributed by atoms with E-state index in [9.17, 15) is 14.7 Å². The van der Waals surface area contributed by atoms with Crippen molar-refractivity contribution in [3.8, 4) is 0 Å². The van der Waals surface area contributed by atoms with Gasteiger partial charge in [0.05, 0.1) is 5.97 Å². The second-order valence-corrected chi connectivity index (χ2v) is 3.19. The lowest BCUT2D eigenvalue weighted by Gasteiger charge is -2.03. The van der Waals surface area contributed by atoms with Crippen LogP contribution in [0.15, 0.2) is 36.4 Å². The van der Waals surface area contributed by atoms with E-state index in [4.69, 9.17) is 0 Å². The van der Waals surface area contributed by atoms with E-state index in [1.807, 2.05) is 19.1 Å². The van der Waals surface area contributed by atoms with E-state index in [1.54, 1.807) is 12.1 Å². The molecule has 0 aliphatic heterocycles. The van der Waals surface area contributed by atoms with Gasteiger partial charge >= 0.3 is 0 Å². The summed E-state index contributed by atoms with van der Waals surface area (Å²) >= 11 is 0. The van der Waals surface area contributed by atoms with Crippen LogP contribution in [0, 0.1) is 0 Å².